The number of furan rings is 1. The largest absolute Gasteiger partial charge is 0.455 e. The van der Waals surface area contributed by atoms with Gasteiger partial charge in [0, 0.05) is 19.2 Å². The summed E-state index contributed by atoms with van der Waals surface area (Å²) >= 11 is 3.27. The number of hydrogen-bond donors (Lipinski definition) is 0. The van der Waals surface area contributed by atoms with E-state index in [1.165, 1.54) is 0 Å². The lowest BCUT2D eigenvalue weighted by Crippen LogP contribution is -2.20. The zero-order valence-electron chi connectivity index (χ0n) is 6.80. The smallest absolute Gasteiger partial charge is 0.171 e. The van der Waals surface area contributed by atoms with Crippen molar-refractivity contribution in [2.75, 3.05) is 18.0 Å². The molecule has 1 heterocycles. The maximum Gasteiger partial charge on any atom is 0.171 e. The maximum absolute atomic E-state index is 5.12. The van der Waals surface area contributed by atoms with E-state index in [1.54, 1.807) is 6.26 Å². The van der Waals surface area contributed by atoms with Crippen molar-refractivity contribution in [3.63, 3.8) is 0 Å². The van der Waals surface area contributed by atoms with Crippen LogP contribution in [0.3, 0.4) is 0 Å². The second-order valence-corrected chi connectivity index (χ2v) is 3.06. The molecule has 11 heavy (non-hydrogen) atoms. The molecule has 0 fully saturated rings. The number of nitrogens with zero attached hydrogens (tertiary/aromatic N) is 1. The highest BCUT2D eigenvalue weighted by Gasteiger charge is 2.03. The number of rotatable bonds is 3. The normalized spacial score (nSPS) is 10.1. The fourth-order valence-corrected chi connectivity index (χ4v) is 1.38. The van der Waals surface area contributed by atoms with Crippen LogP contribution >= 0.6 is 15.9 Å². The van der Waals surface area contributed by atoms with Crippen LogP contribution in [0.2, 0.25) is 0 Å². The van der Waals surface area contributed by atoms with Crippen molar-refractivity contribution >= 4 is 21.6 Å². The van der Waals surface area contributed by atoms with Gasteiger partial charge in [0.15, 0.2) is 4.67 Å². The lowest BCUT2D eigenvalue weighted by atomic mass is 10.4. The number of anilines is 1. The van der Waals surface area contributed by atoms with Gasteiger partial charge in [-0.2, -0.15) is 0 Å². The molecule has 0 saturated heterocycles. The standard InChI is InChI=1S/C8H12BrNO/c1-3-10(4-2)7-5-8(9)11-6-7/h5-6H,3-4H2,1-2H3. The number of hydrogen-bond acceptors (Lipinski definition) is 2. The maximum atomic E-state index is 5.12. The molecule has 0 radical (unpaired) electrons. The van der Waals surface area contributed by atoms with Gasteiger partial charge in [-0.1, -0.05) is 0 Å². The molecule has 1 aromatic rings. The third kappa shape index (κ3) is 1.99. The first-order valence-electron chi connectivity index (χ1n) is 3.77. The quantitative estimate of drug-likeness (QED) is 0.775. The number of halogens is 1. The van der Waals surface area contributed by atoms with E-state index in [4.69, 9.17) is 4.42 Å². The van der Waals surface area contributed by atoms with Crippen LogP contribution in [0.15, 0.2) is 21.4 Å². The first kappa shape index (κ1) is 8.65. The summed E-state index contributed by atoms with van der Waals surface area (Å²) < 4.78 is 5.92. The van der Waals surface area contributed by atoms with Crippen molar-refractivity contribution in [3.8, 4) is 0 Å². The molecule has 0 amide bonds. The zero-order chi connectivity index (χ0) is 8.27. The molecule has 1 rings (SSSR count). The second-order valence-electron chi connectivity index (χ2n) is 2.28. The molecule has 0 aromatic carbocycles. The molecule has 1 aromatic heterocycles. The molecular formula is C8H12BrNO. The third-order valence-electron chi connectivity index (χ3n) is 1.68. The van der Waals surface area contributed by atoms with E-state index < -0.39 is 0 Å². The van der Waals surface area contributed by atoms with E-state index in [1.807, 2.05) is 6.07 Å². The Kier molecular flexibility index (Phi) is 3.00. The van der Waals surface area contributed by atoms with Gasteiger partial charge >= 0.3 is 0 Å². The first-order valence-corrected chi connectivity index (χ1v) is 4.56. The lowest BCUT2D eigenvalue weighted by Gasteiger charge is -2.17. The zero-order valence-corrected chi connectivity index (χ0v) is 8.39. The van der Waals surface area contributed by atoms with Crippen LogP contribution in [0.4, 0.5) is 5.69 Å². The van der Waals surface area contributed by atoms with E-state index in [2.05, 4.69) is 34.7 Å². The van der Waals surface area contributed by atoms with Crippen molar-refractivity contribution in [2.24, 2.45) is 0 Å². The molecule has 62 valence electrons. The highest BCUT2D eigenvalue weighted by atomic mass is 79.9. The Morgan fingerprint density at radius 3 is 2.45 bits per heavy atom. The summed E-state index contributed by atoms with van der Waals surface area (Å²) in [5.41, 5.74) is 1.14. The third-order valence-corrected chi connectivity index (χ3v) is 2.10. The highest BCUT2D eigenvalue weighted by Crippen LogP contribution is 2.21. The molecule has 0 bridgehead atoms. The Labute approximate surface area is 75.3 Å². The molecule has 2 nitrogen and oxygen atoms in total. The van der Waals surface area contributed by atoms with Gasteiger partial charge < -0.3 is 9.32 Å². The van der Waals surface area contributed by atoms with Crippen LogP contribution in [0, 0.1) is 0 Å². The predicted octanol–water partition coefficient (Wildman–Crippen LogP) is 2.89. The predicted molar refractivity (Wildman–Crippen MR) is 50.0 cm³/mol. The van der Waals surface area contributed by atoms with Gasteiger partial charge in [0.25, 0.3) is 0 Å². The van der Waals surface area contributed by atoms with Crippen LogP contribution in [0.5, 0.6) is 0 Å². The van der Waals surface area contributed by atoms with Crippen LogP contribution < -0.4 is 4.90 Å². The molecule has 0 saturated carbocycles. The van der Waals surface area contributed by atoms with Gasteiger partial charge in [0.1, 0.15) is 6.26 Å². The molecule has 3 heteroatoms. The summed E-state index contributed by atoms with van der Waals surface area (Å²) in [6.07, 6.45) is 1.76. The summed E-state index contributed by atoms with van der Waals surface area (Å²) in [5, 5.41) is 0. The van der Waals surface area contributed by atoms with Crippen molar-refractivity contribution in [1.29, 1.82) is 0 Å². The van der Waals surface area contributed by atoms with E-state index in [9.17, 15) is 0 Å². The molecule has 0 aliphatic carbocycles. The molecule has 0 N–H and O–H groups in total. The van der Waals surface area contributed by atoms with E-state index >= 15 is 0 Å². The Morgan fingerprint density at radius 1 is 1.45 bits per heavy atom. The van der Waals surface area contributed by atoms with Gasteiger partial charge in [0.05, 0.1) is 5.69 Å². The SMILES string of the molecule is CCN(CC)c1coc(Br)c1. The average molecular weight is 218 g/mol. The minimum atomic E-state index is 0.791. The van der Waals surface area contributed by atoms with E-state index in [0.717, 1.165) is 23.4 Å². The van der Waals surface area contributed by atoms with Crippen molar-refractivity contribution in [3.05, 3.63) is 17.0 Å². The van der Waals surface area contributed by atoms with E-state index in [-0.39, 0.29) is 0 Å². The van der Waals surface area contributed by atoms with Crippen LogP contribution in [-0.4, -0.2) is 13.1 Å². The fourth-order valence-electron chi connectivity index (χ4n) is 1.06. The molecule has 0 unspecified atom stereocenters. The van der Waals surface area contributed by atoms with Crippen LogP contribution in [0.25, 0.3) is 0 Å². The van der Waals surface area contributed by atoms with Gasteiger partial charge in [-0.25, -0.2) is 0 Å². The van der Waals surface area contributed by atoms with Gasteiger partial charge in [-0.05, 0) is 29.8 Å². The summed E-state index contributed by atoms with van der Waals surface area (Å²) in [4.78, 5) is 2.23. The average Bonchev–Trinajstić information content (AvgIpc) is 2.39. The van der Waals surface area contributed by atoms with Gasteiger partial charge in [-0.15, -0.1) is 0 Å². The topological polar surface area (TPSA) is 16.4 Å². The molecule has 0 spiro atoms. The Balaban J connectivity index is 2.73. The minimum absolute atomic E-state index is 0.791. The summed E-state index contributed by atoms with van der Waals surface area (Å²) in [6, 6.07) is 1.98. The Bertz CT molecular complexity index is 218. The summed E-state index contributed by atoms with van der Waals surface area (Å²) in [5.74, 6) is 0. The van der Waals surface area contributed by atoms with Crippen molar-refractivity contribution in [2.45, 2.75) is 13.8 Å². The molecule has 0 atom stereocenters. The van der Waals surface area contributed by atoms with Crippen LogP contribution in [-0.2, 0) is 0 Å². The van der Waals surface area contributed by atoms with Crippen LogP contribution in [0.1, 0.15) is 13.8 Å². The highest BCUT2D eigenvalue weighted by molar-refractivity contribution is 9.10. The first-order chi connectivity index (χ1) is 5.27. The second kappa shape index (κ2) is 3.81. The lowest BCUT2D eigenvalue weighted by molar-refractivity contribution is 0.540. The van der Waals surface area contributed by atoms with Crippen molar-refractivity contribution in [1.82, 2.24) is 0 Å². The monoisotopic (exact) mass is 217 g/mol. The summed E-state index contributed by atoms with van der Waals surface area (Å²) in [7, 11) is 0. The Morgan fingerprint density at radius 2 is 2.09 bits per heavy atom. The molecule has 0 aliphatic rings. The van der Waals surface area contributed by atoms with Crippen molar-refractivity contribution < 1.29 is 4.42 Å². The Hall–Kier alpha value is -0.440. The summed E-state index contributed by atoms with van der Waals surface area (Å²) in [6.45, 7) is 6.29. The molecule has 0 aliphatic heterocycles. The minimum Gasteiger partial charge on any atom is -0.455 e. The van der Waals surface area contributed by atoms with Gasteiger partial charge in [-0.3, -0.25) is 0 Å². The molecular weight excluding hydrogens is 206 g/mol. The fraction of sp³-hybridized carbons (Fsp3) is 0.500. The van der Waals surface area contributed by atoms with E-state index in [0.29, 0.717) is 0 Å². The van der Waals surface area contributed by atoms with Gasteiger partial charge in [0.2, 0.25) is 0 Å².